The van der Waals surface area contributed by atoms with Crippen LogP contribution in [-0.4, -0.2) is 48.4 Å². The Kier molecular flexibility index (Phi) is 6.65. The average Bonchev–Trinajstić information content (AvgIpc) is 3.18. The van der Waals surface area contributed by atoms with Crippen LogP contribution >= 0.6 is 11.3 Å². The molecule has 1 aliphatic heterocycles. The number of likely N-dealkylation sites (N-methyl/N-ethyl adjacent to an activating group) is 1. The fraction of sp³-hybridized carbons (Fsp3) is 0.476. The van der Waals surface area contributed by atoms with E-state index in [1.54, 1.807) is 11.3 Å². The minimum absolute atomic E-state index is 0.279. The van der Waals surface area contributed by atoms with Gasteiger partial charge < -0.3 is 9.80 Å². The number of carbonyl (C=O) groups is 1. The Morgan fingerprint density at radius 2 is 2.04 bits per heavy atom. The molecule has 1 aliphatic rings. The van der Waals surface area contributed by atoms with E-state index in [4.69, 9.17) is 0 Å². The summed E-state index contributed by atoms with van der Waals surface area (Å²) in [5, 5.41) is 4.22. The predicted molar refractivity (Wildman–Crippen MR) is 105 cm³/mol. The highest BCUT2D eigenvalue weighted by Gasteiger charge is 2.25. The summed E-state index contributed by atoms with van der Waals surface area (Å²) in [6, 6.07) is 13.1. The van der Waals surface area contributed by atoms with Crippen LogP contribution < -0.4 is 0 Å². The number of likely N-dealkylation sites (tertiary alicyclic amines) is 1. The molecule has 0 bridgehead atoms. The Morgan fingerprint density at radius 1 is 1.20 bits per heavy atom. The van der Waals surface area contributed by atoms with Crippen LogP contribution in [0.3, 0.4) is 0 Å². The van der Waals surface area contributed by atoms with Crippen molar-refractivity contribution in [3.63, 3.8) is 0 Å². The zero-order valence-corrected chi connectivity index (χ0v) is 15.9. The summed E-state index contributed by atoms with van der Waals surface area (Å²) in [4.78, 5) is 17.1. The molecule has 2 aromatic rings. The molecular formula is C21H28N2OS. The molecule has 0 aliphatic carbocycles. The van der Waals surface area contributed by atoms with E-state index < -0.39 is 0 Å². The summed E-state index contributed by atoms with van der Waals surface area (Å²) in [6.45, 7) is 3.24. The number of hydrogen-bond acceptors (Lipinski definition) is 3. The van der Waals surface area contributed by atoms with Gasteiger partial charge in [0.1, 0.15) is 0 Å². The Morgan fingerprint density at radius 3 is 2.80 bits per heavy atom. The molecule has 1 amide bonds. The molecule has 0 spiro atoms. The molecular weight excluding hydrogens is 328 g/mol. The number of rotatable bonds is 7. The standard InChI is InChI=1S/C21H28N2OS/c1-22(21(24)10-9-19-12-15-25-17-19)20-8-5-13-23(16-20)14-11-18-6-3-2-4-7-18/h2-4,6-7,12,15,17,20H,5,8-11,13-14,16H2,1H3/t20-/m0/s1. The first-order valence-electron chi connectivity index (χ1n) is 9.25. The zero-order chi connectivity index (χ0) is 17.5. The van der Waals surface area contributed by atoms with Crippen LogP contribution in [0, 0.1) is 0 Å². The summed E-state index contributed by atoms with van der Waals surface area (Å²) in [6.07, 6.45) is 4.87. The van der Waals surface area contributed by atoms with Gasteiger partial charge in [0.05, 0.1) is 0 Å². The van der Waals surface area contributed by atoms with Crippen LogP contribution in [0.15, 0.2) is 47.2 Å². The van der Waals surface area contributed by atoms with Crippen LogP contribution in [0.5, 0.6) is 0 Å². The van der Waals surface area contributed by atoms with E-state index in [0.29, 0.717) is 12.5 Å². The minimum Gasteiger partial charge on any atom is -0.341 e. The first-order chi connectivity index (χ1) is 12.2. The van der Waals surface area contributed by atoms with Gasteiger partial charge in [-0.25, -0.2) is 0 Å². The number of hydrogen-bond donors (Lipinski definition) is 0. The SMILES string of the molecule is CN(C(=O)CCc1ccsc1)[C@H]1CCCN(CCc2ccccc2)C1. The van der Waals surface area contributed by atoms with Gasteiger partial charge in [0.15, 0.2) is 0 Å². The molecule has 0 N–H and O–H groups in total. The molecule has 1 saturated heterocycles. The lowest BCUT2D eigenvalue weighted by atomic mass is 10.0. The third kappa shape index (κ3) is 5.41. The number of benzene rings is 1. The fourth-order valence-electron chi connectivity index (χ4n) is 3.55. The number of thiophene rings is 1. The number of aryl methyl sites for hydroxylation is 1. The van der Waals surface area contributed by atoms with Crippen LogP contribution in [0.25, 0.3) is 0 Å². The van der Waals surface area contributed by atoms with Gasteiger partial charge in [0.2, 0.25) is 5.91 Å². The van der Waals surface area contributed by atoms with Crippen LogP contribution in [-0.2, 0) is 17.6 Å². The molecule has 25 heavy (non-hydrogen) atoms. The maximum absolute atomic E-state index is 12.5. The van der Waals surface area contributed by atoms with Crippen molar-refractivity contribution in [3.8, 4) is 0 Å². The van der Waals surface area contributed by atoms with Crippen LogP contribution in [0.2, 0.25) is 0 Å². The summed E-state index contributed by atoms with van der Waals surface area (Å²) in [5.74, 6) is 0.279. The second-order valence-electron chi connectivity index (χ2n) is 6.97. The lowest BCUT2D eigenvalue weighted by molar-refractivity contribution is -0.133. The molecule has 1 atom stereocenters. The zero-order valence-electron chi connectivity index (χ0n) is 15.1. The molecule has 134 valence electrons. The van der Waals surface area contributed by atoms with Gasteiger partial charge in [-0.15, -0.1) is 0 Å². The quantitative estimate of drug-likeness (QED) is 0.752. The third-order valence-electron chi connectivity index (χ3n) is 5.19. The topological polar surface area (TPSA) is 23.6 Å². The summed E-state index contributed by atoms with van der Waals surface area (Å²) < 4.78 is 0. The van der Waals surface area contributed by atoms with Crippen molar-refractivity contribution in [2.75, 3.05) is 26.7 Å². The van der Waals surface area contributed by atoms with Gasteiger partial charge in [-0.05, 0) is 60.2 Å². The van der Waals surface area contributed by atoms with E-state index >= 15 is 0 Å². The summed E-state index contributed by atoms with van der Waals surface area (Å²) in [7, 11) is 1.99. The molecule has 0 radical (unpaired) electrons. The Bertz CT molecular complexity index is 641. The van der Waals surface area contributed by atoms with Crippen molar-refractivity contribution in [2.24, 2.45) is 0 Å². The first kappa shape index (κ1) is 18.2. The summed E-state index contributed by atoms with van der Waals surface area (Å²) >= 11 is 1.70. The number of nitrogens with zero attached hydrogens (tertiary/aromatic N) is 2. The highest BCUT2D eigenvalue weighted by molar-refractivity contribution is 7.07. The van der Waals surface area contributed by atoms with Gasteiger partial charge in [-0.1, -0.05) is 30.3 Å². The number of carbonyl (C=O) groups excluding carboxylic acids is 1. The van der Waals surface area contributed by atoms with Gasteiger partial charge in [-0.3, -0.25) is 4.79 Å². The van der Waals surface area contributed by atoms with Gasteiger partial charge >= 0.3 is 0 Å². The van der Waals surface area contributed by atoms with Crippen molar-refractivity contribution in [3.05, 3.63) is 58.3 Å². The highest BCUT2D eigenvalue weighted by atomic mass is 32.1. The average molecular weight is 357 g/mol. The van der Waals surface area contributed by atoms with E-state index in [2.05, 4.69) is 52.1 Å². The molecule has 1 fully saturated rings. The van der Waals surface area contributed by atoms with Crippen molar-refractivity contribution in [2.45, 2.75) is 38.1 Å². The molecule has 0 unspecified atom stereocenters. The maximum Gasteiger partial charge on any atom is 0.222 e. The molecule has 0 saturated carbocycles. The number of piperidine rings is 1. The van der Waals surface area contributed by atoms with E-state index in [1.165, 1.54) is 17.5 Å². The Hall–Kier alpha value is -1.65. The van der Waals surface area contributed by atoms with E-state index in [0.717, 1.165) is 38.9 Å². The molecule has 3 rings (SSSR count). The lowest BCUT2D eigenvalue weighted by Gasteiger charge is -2.37. The van der Waals surface area contributed by atoms with Crippen molar-refractivity contribution >= 4 is 17.2 Å². The van der Waals surface area contributed by atoms with Crippen LogP contribution in [0.4, 0.5) is 0 Å². The third-order valence-corrected chi connectivity index (χ3v) is 5.92. The smallest absolute Gasteiger partial charge is 0.222 e. The monoisotopic (exact) mass is 356 g/mol. The Labute approximate surface area is 155 Å². The Balaban J connectivity index is 1.45. The molecule has 2 heterocycles. The van der Waals surface area contributed by atoms with Crippen molar-refractivity contribution in [1.29, 1.82) is 0 Å². The normalized spacial score (nSPS) is 18.2. The van der Waals surface area contributed by atoms with Crippen molar-refractivity contribution < 1.29 is 4.79 Å². The van der Waals surface area contributed by atoms with Crippen LogP contribution in [0.1, 0.15) is 30.4 Å². The lowest BCUT2D eigenvalue weighted by Crippen LogP contribution is -2.49. The molecule has 4 heteroatoms. The second kappa shape index (κ2) is 9.16. The van der Waals surface area contributed by atoms with E-state index in [9.17, 15) is 4.79 Å². The van der Waals surface area contributed by atoms with E-state index in [-0.39, 0.29) is 5.91 Å². The molecule has 1 aromatic heterocycles. The largest absolute Gasteiger partial charge is 0.341 e. The van der Waals surface area contributed by atoms with Crippen molar-refractivity contribution in [1.82, 2.24) is 9.80 Å². The predicted octanol–water partition coefficient (Wildman–Crippen LogP) is 3.85. The van der Waals surface area contributed by atoms with E-state index in [1.807, 2.05) is 11.9 Å². The highest BCUT2D eigenvalue weighted by Crippen LogP contribution is 2.17. The molecule has 3 nitrogen and oxygen atoms in total. The molecule has 1 aromatic carbocycles. The van der Waals surface area contributed by atoms with Gasteiger partial charge in [0, 0.05) is 32.6 Å². The summed E-state index contributed by atoms with van der Waals surface area (Å²) in [5.41, 5.74) is 2.67. The van der Waals surface area contributed by atoms with Gasteiger partial charge in [-0.2, -0.15) is 11.3 Å². The number of amides is 1. The van der Waals surface area contributed by atoms with Gasteiger partial charge in [0.25, 0.3) is 0 Å². The minimum atomic E-state index is 0.279. The maximum atomic E-state index is 12.5. The fourth-order valence-corrected chi connectivity index (χ4v) is 4.25. The first-order valence-corrected chi connectivity index (χ1v) is 10.2. The second-order valence-corrected chi connectivity index (χ2v) is 7.75.